The summed E-state index contributed by atoms with van der Waals surface area (Å²) in [6, 6.07) is 0. The maximum absolute atomic E-state index is 12.0. The molecule has 0 aromatic heterocycles. The normalized spacial score (nSPS) is 23.7. The molecule has 0 saturated carbocycles. The van der Waals surface area contributed by atoms with Crippen LogP contribution in [0.5, 0.6) is 0 Å². The second kappa shape index (κ2) is 4.96. The van der Waals surface area contributed by atoms with Crippen molar-refractivity contribution in [2.45, 2.75) is 44.8 Å². The minimum absolute atomic E-state index is 0.266. The molecular formula is C12H19NO5. The van der Waals surface area contributed by atoms with Gasteiger partial charge >= 0.3 is 12.1 Å². The standard InChI is InChI=1S/C12H19NO5/c1-11(2,3)18-10(16)13-7-5-6-12(13,8-14)9(15)17-4/h8H,5-7H2,1-4H3/t12-/m1/s1. The third-order valence-corrected chi connectivity index (χ3v) is 2.77. The van der Waals surface area contributed by atoms with Crippen LogP contribution >= 0.6 is 0 Å². The summed E-state index contributed by atoms with van der Waals surface area (Å²) in [6.07, 6.45) is 0.628. The zero-order chi connectivity index (χ0) is 14.0. The fourth-order valence-electron chi connectivity index (χ4n) is 1.97. The van der Waals surface area contributed by atoms with Gasteiger partial charge < -0.3 is 14.3 Å². The number of hydrogen-bond donors (Lipinski definition) is 0. The number of ether oxygens (including phenoxy) is 2. The largest absolute Gasteiger partial charge is 0.467 e. The molecule has 0 aliphatic carbocycles. The topological polar surface area (TPSA) is 72.9 Å². The second-order valence-corrected chi connectivity index (χ2v) is 5.27. The van der Waals surface area contributed by atoms with Crippen molar-refractivity contribution in [1.82, 2.24) is 4.90 Å². The van der Waals surface area contributed by atoms with E-state index in [0.717, 1.165) is 4.90 Å². The summed E-state index contributed by atoms with van der Waals surface area (Å²) in [5.41, 5.74) is -2.21. The third-order valence-electron chi connectivity index (χ3n) is 2.77. The van der Waals surface area contributed by atoms with Crippen LogP contribution in [0.2, 0.25) is 0 Å². The lowest BCUT2D eigenvalue weighted by Crippen LogP contribution is -2.55. The highest BCUT2D eigenvalue weighted by Crippen LogP contribution is 2.30. The van der Waals surface area contributed by atoms with Gasteiger partial charge in [-0.3, -0.25) is 4.90 Å². The molecule has 0 aromatic carbocycles. The van der Waals surface area contributed by atoms with Crippen LogP contribution in [-0.2, 0) is 19.1 Å². The quantitative estimate of drug-likeness (QED) is 0.421. The first kappa shape index (κ1) is 14.5. The van der Waals surface area contributed by atoms with Crippen molar-refractivity contribution in [3.05, 3.63) is 0 Å². The maximum Gasteiger partial charge on any atom is 0.411 e. The van der Waals surface area contributed by atoms with Gasteiger partial charge in [-0.25, -0.2) is 9.59 Å². The molecular weight excluding hydrogens is 238 g/mol. The molecule has 1 amide bonds. The molecule has 1 atom stereocenters. The van der Waals surface area contributed by atoms with E-state index in [1.165, 1.54) is 7.11 Å². The Morgan fingerprint density at radius 2 is 1.94 bits per heavy atom. The molecule has 1 aliphatic heterocycles. The average Bonchev–Trinajstić information content (AvgIpc) is 2.70. The number of amides is 1. The SMILES string of the molecule is COC(=O)[C@]1(C=O)CCCN1C(=O)OC(C)(C)C. The molecule has 1 rings (SSSR count). The predicted molar refractivity (Wildman–Crippen MR) is 63.0 cm³/mol. The van der Waals surface area contributed by atoms with E-state index in [2.05, 4.69) is 4.74 Å². The van der Waals surface area contributed by atoms with Crippen LogP contribution in [0, 0.1) is 0 Å². The molecule has 0 radical (unpaired) electrons. The van der Waals surface area contributed by atoms with Crippen LogP contribution in [0.1, 0.15) is 33.6 Å². The van der Waals surface area contributed by atoms with Crippen LogP contribution in [0.4, 0.5) is 4.79 Å². The van der Waals surface area contributed by atoms with Gasteiger partial charge in [-0.1, -0.05) is 0 Å². The Morgan fingerprint density at radius 3 is 2.39 bits per heavy atom. The molecule has 0 spiro atoms. The first-order valence-corrected chi connectivity index (χ1v) is 5.82. The summed E-state index contributed by atoms with van der Waals surface area (Å²) >= 11 is 0. The Kier molecular flexibility index (Phi) is 3.98. The van der Waals surface area contributed by atoms with E-state index >= 15 is 0 Å². The van der Waals surface area contributed by atoms with Gasteiger partial charge in [-0.05, 0) is 33.6 Å². The minimum Gasteiger partial charge on any atom is -0.467 e. The minimum atomic E-state index is -1.53. The number of hydrogen-bond acceptors (Lipinski definition) is 5. The van der Waals surface area contributed by atoms with E-state index < -0.39 is 23.2 Å². The highest BCUT2D eigenvalue weighted by Gasteiger charge is 2.52. The van der Waals surface area contributed by atoms with Crippen LogP contribution < -0.4 is 0 Å². The Morgan fingerprint density at radius 1 is 1.33 bits per heavy atom. The molecule has 102 valence electrons. The van der Waals surface area contributed by atoms with Crippen molar-refractivity contribution in [2.24, 2.45) is 0 Å². The summed E-state index contributed by atoms with van der Waals surface area (Å²) in [4.78, 5) is 36.1. The molecule has 1 heterocycles. The highest BCUT2D eigenvalue weighted by molar-refractivity contribution is 6.01. The first-order valence-electron chi connectivity index (χ1n) is 5.82. The molecule has 1 fully saturated rings. The second-order valence-electron chi connectivity index (χ2n) is 5.27. The summed E-state index contributed by atoms with van der Waals surface area (Å²) < 4.78 is 9.81. The molecule has 0 N–H and O–H groups in total. The number of aldehydes is 1. The van der Waals surface area contributed by atoms with E-state index in [4.69, 9.17) is 4.74 Å². The van der Waals surface area contributed by atoms with Gasteiger partial charge in [0, 0.05) is 6.54 Å². The zero-order valence-corrected chi connectivity index (χ0v) is 11.2. The molecule has 18 heavy (non-hydrogen) atoms. The lowest BCUT2D eigenvalue weighted by Gasteiger charge is -2.32. The number of nitrogens with zero attached hydrogens (tertiary/aromatic N) is 1. The summed E-state index contributed by atoms with van der Waals surface area (Å²) in [7, 11) is 1.19. The maximum atomic E-state index is 12.0. The number of carbonyl (C=O) groups excluding carboxylic acids is 3. The highest BCUT2D eigenvalue weighted by atomic mass is 16.6. The predicted octanol–water partition coefficient (Wildman–Crippen LogP) is 1.13. The van der Waals surface area contributed by atoms with Gasteiger partial charge in [0.15, 0.2) is 11.8 Å². The molecule has 0 aromatic rings. The van der Waals surface area contributed by atoms with Crippen LogP contribution in [0.15, 0.2) is 0 Å². The van der Waals surface area contributed by atoms with Crippen LogP contribution in [0.3, 0.4) is 0 Å². The van der Waals surface area contributed by atoms with Crippen molar-refractivity contribution in [3.8, 4) is 0 Å². The number of esters is 1. The fourth-order valence-corrected chi connectivity index (χ4v) is 1.97. The van der Waals surface area contributed by atoms with Crippen molar-refractivity contribution in [3.63, 3.8) is 0 Å². The Bertz CT molecular complexity index is 360. The molecule has 6 heteroatoms. The smallest absolute Gasteiger partial charge is 0.411 e. The van der Waals surface area contributed by atoms with Crippen LogP contribution in [0.25, 0.3) is 0 Å². The third kappa shape index (κ3) is 2.63. The van der Waals surface area contributed by atoms with E-state index in [0.29, 0.717) is 19.3 Å². The molecule has 1 saturated heterocycles. The number of carbonyl (C=O) groups is 3. The van der Waals surface area contributed by atoms with E-state index in [9.17, 15) is 14.4 Å². The Balaban J connectivity index is 2.96. The summed E-state index contributed by atoms with van der Waals surface area (Å²) in [6.45, 7) is 5.48. The van der Waals surface area contributed by atoms with Gasteiger partial charge in [-0.15, -0.1) is 0 Å². The summed E-state index contributed by atoms with van der Waals surface area (Å²) in [5, 5.41) is 0. The lowest BCUT2D eigenvalue weighted by molar-refractivity contribution is -0.155. The molecule has 0 bridgehead atoms. The average molecular weight is 257 g/mol. The number of methoxy groups -OCH3 is 1. The van der Waals surface area contributed by atoms with Gasteiger partial charge in [0.1, 0.15) is 5.60 Å². The Labute approximate surface area is 106 Å². The van der Waals surface area contributed by atoms with E-state index in [-0.39, 0.29) is 6.42 Å². The van der Waals surface area contributed by atoms with Crippen molar-refractivity contribution in [2.75, 3.05) is 13.7 Å². The van der Waals surface area contributed by atoms with Gasteiger partial charge in [0.05, 0.1) is 7.11 Å². The Hall–Kier alpha value is -1.59. The first-order chi connectivity index (χ1) is 8.27. The molecule has 6 nitrogen and oxygen atoms in total. The van der Waals surface area contributed by atoms with Crippen molar-refractivity contribution >= 4 is 18.3 Å². The summed E-state index contributed by atoms with van der Waals surface area (Å²) in [5.74, 6) is -0.721. The number of rotatable bonds is 2. The number of likely N-dealkylation sites (tertiary alicyclic amines) is 1. The van der Waals surface area contributed by atoms with Crippen molar-refractivity contribution in [1.29, 1.82) is 0 Å². The molecule has 0 unspecified atom stereocenters. The monoisotopic (exact) mass is 257 g/mol. The van der Waals surface area contributed by atoms with Gasteiger partial charge in [0.25, 0.3) is 0 Å². The van der Waals surface area contributed by atoms with Crippen molar-refractivity contribution < 1.29 is 23.9 Å². The van der Waals surface area contributed by atoms with Gasteiger partial charge in [-0.2, -0.15) is 0 Å². The zero-order valence-electron chi connectivity index (χ0n) is 11.2. The lowest BCUT2D eigenvalue weighted by atomic mass is 9.99. The fraction of sp³-hybridized carbons (Fsp3) is 0.750. The van der Waals surface area contributed by atoms with Gasteiger partial charge in [0.2, 0.25) is 0 Å². The van der Waals surface area contributed by atoms with E-state index in [1.54, 1.807) is 20.8 Å². The van der Waals surface area contributed by atoms with E-state index in [1.807, 2.05) is 0 Å². The van der Waals surface area contributed by atoms with Crippen LogP contribution in [-0.4, -0.2) is 48.0 Å². The molecule has 1 aliphatic rings.